The van der Waals surface area contributed by atoms with Crippen LogP contribution in [0.3, 0.4) is 0 Å². The van der Waals surface area contributed by atoms with Crippen molar-refractivity contribution in [3.8, 4) is 0 Å². The number of H-pyrrole nitrogens is 1. The molecule has 1 atom stereocenters. The van der Waals surface area contributed by atoms with Gasteiger partial charge in [0.2, 0.25) is 0 Å². The average molecular weight is 451 g/mol. The maximum Gasteiger partial charge on any atom is 0.283 e. The van der Waals surface area contributed by atoms with Gasteiger partial charge in [0.1, 0.15) is 5.82 Å². The normalized spacial score (nSPS) is 17.7. The second-order valence-corrected chi connectivity index (χ2v) is 10.3. The van der Waals surface area contributed by atoms with Crippen molar-refractivity contribution in [1.29, 1.82) is 0 Å². The summed E-state index contributed by atoms with van der Waals surface area (Å²) in [5, 5.41) is 3.92. The molecule has 3 aromatic rings. The Labute approximate surface area is 178 Å². The van der Waals surface area contributed by atoms with Crippen molar-refractivity contribution >= 4 is 43.9 Å². The number of para-hydroxylation sites is 1. The van der Waals surface area contributed by atoms with Crippen molar-refractivity contribution in [3.63, 3.8) is 0 Å². The molecule has 0 bridgehead atoms. The maximum absolute atomic E-state index is 14.2. The lowest BCUT2D eigenvalue weighted by Crippen LogP contribution is -3.19. The van der Waals surface area contributed by atoms with Crippen molar-refractivity contribution in [2.45, 2.75) is 12.5 Å². The molecular weight excluding hydrogens is 429 g/mol. The number of rotatable bonds is 5. The Morgan fingerprint density at radius 1 is 1.20 bits per heavy atom. The molecule has 0 saturated carbocycles. The molecule has 1 aliphatic heterocycles. The van der Waals surface area contributed by atoms with E-state index in [0.29, 0.717) is 19.5 Å². The first-order valence-corrected chi connectivity index (χ1v) is 11.9. The number of quaternary nitrogens is 1. The number of aromatic amines is 1. The molecule has 2 aromatic carbocycles. The molecule has 1 aliphatic rings. The van der Waals surface area contributed by atoms with Crippen LogP contribution >= 0.6 is 11.6 Å². The fourth-order valence-corrected chi connectivity index (χ4v) is 5.41. The van der Waals surface area contributed by atoms with Crippen LogP contribution in [0.2, 0.25) is 5.02 Å². The van der Waals surface area contributed by atoms with Gasteiger partial charge in [-0.3, -0.25) is 4.79 Å². The second kappa shape index (κ2) is 8.37. The first kappa shape index (κ1) is 20.8. The number of hydrogen-bond donors (Lipinski definition) is 3. The van der Waals surface area contributed by atoms with Crippen LogP contribution in [-0.4, -0.2) is 49.9 Å². The van der Waals surface area contributed by atoms with E-state index in [9.17, 15) is 17.6 Å². The zero-order valence-electron chi connectivity index (χ0n) is 16.1. The monoisotopic (exact) mass is 450 g/mol. The molecule has 30 heavy (non-hydrogen) atoms. The summed E-state index contributed by atoms with van der Waals surface area (Å²) in [5.41, 5.74) is 1.98. The van der Waals surface area contributed by atoms with E-state index in [1.54, 1.807) is 0 Å². The van der Waals surface area contributed by atoms with Crippen LogP contribution in [0.1, 0.15) is 5.56 Å². The van der Waals surface area contributed by atoms with Crippen LogP contribution in [0.4, 0.5) is 10.1 Å². The van der Waals surface area contributed by atoms with E-state index in [2.05, 4.69) is 10.3 Å². The Kier molecular flexibility index (Phi) is 5.81. The Balaban J connectivity index is 1.61. The summed E-state index contributed by atoms with van der Waals surface area (Å²) < 4.78 is 37.9. The van der Waals surface area contributed by atoms with Gasteiger partial charge in [0, 0.05) is 28.5 Å². The lowest BCUT2D eigenvalue weighted by atomic mass is 10.0. The summed E-state index contributed by atoms with van der Waals surface area (Å²) in [6.45, 7) is 0.678. The lowest BCUT2D eigenvalue weighted by molar-refractivity contribution is -0.912. The zero-order chi connectivity index (χ0) is 21.3. The number of halogens is 2. The van der Waals surface area contributed by atoms with Gasteiger partial charge in [0.25, 0.3) is 5.91 Å². The first-order chi connectivity index (χ1) is 14.3. The smallest absolute Gasteiger partial charge is 0.283 e. The summed E-state index contributed by atoms with van der Waals surface area (Å²) in [7, 11) is -3.08. The molecule has 4 rings (SSSR count). The number of aromatic nitrogens is 1. The number of hydrogen-bond acceptors (Lipinski definition) is 3. The molecule has 6 nitrogen and oxygen atoms in total. The van der Waals surface area contributed by atoms with Gasteiger partial charge in [0.05, 0.1) is 30.3 Å². The molecule has 1 amide bonds. The highest BCUT2D eigenvalue weighted by atomic mass is 35.5. The van der Waals surface area contributed by atoms with Crippen LogP contribution in [0.15, 0.2) is 48.7 Å². The Bertz CT molecular complexity index is 1180. The highest BCUT2D eigenvalue weighted by Crippen LogP contribution is 2.21. The molecule has 158 valence electrons. The summed E-state index contributed by atoms with van der Waals surface area (Å²) >= 11 is 5.80. The number of benzene rings is 2. The quantitative estimate of drug-likeness (QED) is 0.554. The van der Waals surface area contributed by atoms with Crippen molar-refractivity contribution < 1.29 is 22.5 Å². The minimum atomic E-state index is -3.08. The number of sulfone groups is 1. The lowest BCUT2D eigenvalue weighted by Gasteiger charge is -2.30. The van der Waals surface area contributed by atoms with Crippen molar-refractivity contribution in [2.24, 2.45) is 0 Å². The summed E-state index contributed by atoms with van der Waals surface area (Å²) in [5.74, 6) is -0.890. The predicted molar refractivity (Wildman–Crippen MR) is 115 cm³/mol. The van der Waals surface area contributed by atoms with Gasteiger partial charge < -0.3 is 15.2 Å². The van der Waals surface area contributed by atoms with Crippen molar-refractivity contribution in [2.75, 3.05) is 29.9 Å². The van der Waals surface area contributed by atoms with Gasteiger partial charge in [-0.15, -0.1) is 0 Å². The van der Waals surface area contributed by atoms with Gasteiger partial charge in [-0.05, 0) is 29.8 Å². The molecule has 9 heteroatoms. The van der Waals surface area contributed by atoms with Crippen LogP contribution in [-0.2, 0) is 21.1 Å². The molecule has 0 radical (unpaired) electrons. The summed E-state index contributed by atoms with van der Waals surface area (Å²) in [6, 6.07) is 11.3. The van der Waals surface area contributed by atoms with E-state index in [-0.39, 0.29) is 28.1 Å². The molecule has 1 saturated heterocycles. The Morgan fingerprint density at radius 2 is 1.93 bits per heavy atom. The standard InChI is InChI=1S/C21H21ClFN3O3S/c22-15-5-6-19(17(23)12-15)25-21(27)20(26-7-9-30(28,29)10-8-26)11-14-13-24-18-4-2-1-3-16(14)18/h1-6,12-13,20,24H,7-11H2,(H,25,27)/p+1/t20-/m0/s1. The van der Waals surface area contributed by atoms with Crippen LogP contribution in [0, 0.1) is 5.82 Å². The van der Waals surface area contributed by atoms with Gasteiger partial charge in [-0.1, -0.05) is 29.8 Å². The minimum absolute atomic E-state index is 0.0370. The summed E-state index contributed by atoms with van der Waals surface area (Å²) in [4.78, 5) is 17.3. The molecule has 0 unspecified atom stereocenters. The first-order valence-electron chi connectivity index (χ1n) is 9.68. The topological polar surface area (TPSA) is 83.5 Å². The highest BCUT2D eigenvalue weighted by Gasteiger charge is 2.36. The van der Waals surface area contributed by atoms with Crippen LogP contribution < -0.4 is 10.2 Å². The fourth-order valence-electron chi connectivity index (χ4n) is 3.90. The molecule has 2 heterocycles. The molecule has 3 N–H and O–H groups in total. The largest absolute Gasteiger partial charge is 0.361 e. The Hall–Kier alpha value is -2.42. The maximum atomic E-state index is 14.2. The highest BCUT2D eigenvalue weighted by molar-refractivity contribution is 7.91. The SMILES string of the molecule is O=C(Nc1ccc(Cl)cc1F)[C@H](Cc1c[nH]c2ccccc12)[NH+]1CCS(=O)(=O)CC1. The molecule has 0 aliphatic carbocycles. The third-order valence-electron chi connectivity index (χ3n) is 5.57. The number of anilines is 1. The number of carbonyl (C=O) groups is 1. The fraction of sp³-hybridized carbons (Fsp3) is 0.286. The van der Waals surface area contributed by atoms with Gasteiger partial charge in [-0.25, -0.2) is 12.8 Å². The number of amides is 1. The third kappa shape index (κ3) is 4.50. The number of fused-ring (bicyclic) bond motifs is 1. The molecule has 1 fully saturated rings. The minimum Gasteiger partial charge on any atom is -0.361 e. The van der Waals surface area contributed by atoms with E-state index in [0.717, 1.165) is 27.4 Å². The number of nitrogens with one attached hydrogen (secondary N) is 3. The zero-order valence-corrected chi connectivity index (χ0v) is 17.7. The molecule has 0 spiro atoms. The van der Waals surface area contributed by atoms with Gasteiger partial charge >= 0.3 is 0 Å². The summed E-state index contributed by atoms with van der Waals surface area (Å²) in [6.07, 6.45) is 2.27. The van der Waals surface area contributed by atoms with Crippen LogP contribution in [0.25, 0.3) is 10.9 Å². The van der Waals surface area contributed by atoms with E-state index in [4.69, 9.17) is 11.6 Å². The number of carbonyl (C=O) groups excluding carboxylic acids is 1. The van der Waals surface area contributed by atoms with E-state index in [1.165, 1.54) is 12.1 Å². The molecule has 1 aromatic heterocycles. The van der Waals surface area contributed by atoms with E-state index in [1.807, 2.05) is 30.5 Å². The van der Waals surface area contributed by atoms with Gasteiger partial charge in [-0.2, -0.15) is 0 Å². The van der Waals surface area contributed by atoms with Gasteiger partial charge in [0.15, 0.2) is 15.9 Å². The van der Waals surface area contributed by atoms with E-state index >= 15 is 0 Å². The van der Waals surface area contributed by atoms with Crippen molar-refractivity contribution in [3.05, 3.63) is 65.1 Å². The van der Waals surface area contributed by atoms with E-state index < -0.39 is 21.7 Å². The third-order valence-corrected chi connectivity index (χ3v) is 7.45. The molecular formula is C21H22ClFN3O3S+. The van der Waals surface area contributed by atoms with Crippen molar-refractivity contribution in [1.82, 2.24) is 4.98 Å². The average Bonchev–Trinajstić information content (AvgIpc) is 3.11. The second-order valence-electron chi connectivity index (χ2n) is 7.54. The predicted octanol–water partition coefficient (Wildman–Crippen LogP) is 1.82. The van der Waals surface area contributed by atoms with Crippen LogP contribution in [0.5, 0.6) is 0 Å². The Morgan fingerprint density at radius 3 is 2.67 bits per heavy atom.